The van der Waals surface area contributed by atoms with Gasteiger partial charge in [-0.05, 0) is 48.9 Å². The molecule has 0 aliphatic heterocycles. The molecule has 1 atom stereocenters. The van der Waals surface area contributed by atoms with Crippen molar-refractivity contribution < 1.29 is 18.4 Å². The maximum Gasteiger partial charge on any atom is 0.253 e. The van der Waals surface area contributed by atoms with Crippen molar-refractivity contribution in [1.82, 2.24) is 10.6 Å². The van der Waals surface area contributed by atoms with Gasteiger partial charge in [-0.2, -0.15) is 0 Å². The summed E-state index contributed by atoms with van der Waals surface area (Å²) in [6.45, 7) is 2.09. The van der Waals surface area contributed by atoms with Gasteiger partial charge in [0.2, 0.25) is 5.91 Å². The third-order valence-corrected chi connectivity index (χ3v) is 4.36. The topological polar surface area (TPSA) is 83.4 Å². The molecule has 0 aliphatic rings. The van der Waals surface area contributed by atoms with Crippen molar-refractivity contribution in [3.05, 3.63) is 89.6 Å². The van der Waals surface area contributed by atoms with Gasteiger partial charge in [-0.25, -0.2) is 4.39 Å². The van der Waals surface area contributed by atoms with Crippen LogP contribution in [0.4, 0.5) is 10.1 Å². The Morgan fingerprint density at radius 1 is 1.03 bits per heavy atom. The molecule has 7 heteroatoms. The van der Waals surface area contributed by atoms with Crippen molar-refractivity contribution in [3.8, 4) is 0 Å². The Balaban J connectivity index is 1.55. The third kappa shape index (κ3) is 5.68. The van der Waals surface area contributed by atoms with Gasteiger partial charge < -0.3 is 20.4 Å². The number of rotatable bonds is 8. The first-order valence-electron chi connectivity index (χ1n) is 9.21. The zero-order valence-corrected chi connectivity index (χ0v) is 15.9. The first-order valence-corrected chi connectivity index (χ1v) is 9.21. The monoisotopic (exact) mass is 395 g/mol. The number of hydrogen-bond acceptors (Lipinski definition) is 4. The molecule has 0 radical (unpaired) electrons. The number of carbonyl (C=O) groups is 2. The molecule has 150 valence electrons. The molecule has 2 aromatic carbocycles. The molecule has 0 bridgehead atoms. The Morgan fingerprint density at radius 2 is 1.79 bits per heavy atom. The molecule has 0 fully saturated rings. The van der Waals surface area contributed by atoms with E-state index in [0.29, 0.717) is 17.0 Å². The summed E-state index contributed by atoms with van der Waals surface area (Å²) in [5.74, 6) is -0.189. The van der Waals surface area contributed by atoms with E-state index in [1.807, 2.05) is 6.92 Å². The van der Waals surface area contributed by atoms with Crippen LogP contribution < -0.4 is 16.0 Å². The van der Waals surface area contributed by atoms with Crippen molar-refractivity contribution >= 4 is 17.5 Å². The SMILES string of the molecule is CC(NC(=O)CNc1ccccc1C(=O)NCc1ccco1)c1ccc(F)cc1. The quantitative estimate of drug-likeness (QED) is 0.544. The molecule has 0 saturated heterocycles. The standard InChI is InChI=1S/C22H22FN3O3/c1-15(16-8-10-17(23)11-9-16)26-21(27)14-24-20-7-3-2-6-19(20)22(28)25-13-18-5-4-12-29-18/h2-12,15,24H,13-14H2,1H3,(H,25,28)(H,26,27). The summed E-state index contributed by atoms with van der Waals surface area (Å²) in [7, 11) is 0. The minimum Gasteiger partial charge on any atom is -0.467 e. The minimum absolute atomic E-state index is 0.00594. The molecule has 1 unspecified atom stereocenters. The highest BCUT2D eigenvalue weighted by atomic mass is 19.1. The zero-order chi connectivity index (χ0) is 20.6. The predicted molar refractivity (Wildman–Crippen MR) is 108 cm³/mol. The second kappa shape index (κ2) is 9.54. The predicted octanol–water partition coefficient (Wildman–Crippen LogP) is 3.64. The summed E-state index contributed by atoms with van der Waals surface area (Å²) >= 11 is 0. The van der Waals surface area contributed by atoms with Gasteiger partial charge in [-0.15, -0.1) is 0 Å². The van der Waals surface area contributed by atoms with Gasteiger partial charge in [0.25, 0.3) is 5.91 Å². The van der Waals surface area contributed by atoms with Crippen LogP contribution in [0.25, 0.3) is 0 Å². The van der Waals surface area contributed by atoms with Crippen LogP contribution in [0, 0.1) is 5.82 Å². The number of amides is 2. The fourth-order valence-corrected chi connectivity index (χ4v) is 2.81. The van der Waals surface area contributed by atoms with Crippen LogP contribution in [0.5, 0.6) is 0 Å². The molecule has 0 spiro atoms. The van der Waals surface area contributed by atoms with Gasteiger partial charge in [0.05, 0.1) is 31.0 Å². The molecule has 2 amide bonds. The highest BCUT2D eigenvalue weighted by Gasteiger charge is 2.13. The Hall–Kier alpha value is -3.61. The van der Waals surface area contributed by atoms with E-state index in [1.165, 1.54) is 12.1 Å². The molecule has 29 heavy (non-hydrogen) atoms. The van der Waals surface area contributed by atoms with Gasteiger partial charge in [0.15, 0.2) is 0 Å². The minimum atomic E-state index is -0.323. The molecular formula is C22H22FN3O3. The second-order valence-corrected chi connectivity index (χ2v) is 6.50. The fourth-order valence-electron chi connectivity index (χ4n) is 2.81. The zero-order valence-electron chi connectivity index (χ0n) is 15.9. The molecule has 3 aromatic rings. The van der Waals surface area contributed by atoms with Gasteiger partial charge in [-0.3, -0.25) is 9.59 Å². The van der Waals surface area contributed by atoms with E-state index in [2.05, 4.69) is 16.0 Å². The molecular weight excluding hydrogens is 373 g/mol. The number of benzene rings is 2. The number of halogens is 1. The second-order valence-electron chi connectivity index (χ2n) is 6.50. The van der Waals surface area contributed by atoms with E-state index in [-0.39, 0.29) is 36.8 Å². The fraction of sp³-hybridized carbons (Fsp3) is 0.182. The summed E-state index contributed by atoms with van der Waals surface area (Å²) in [6, 6.07) is 16.2. The van der Waals surface area contributed by atoms with Crippen LogP contribution in [0.15, 0.2) is 71.3 Å². The number of carbonyl (C=O) groups excluding carboxylic acids is 2. The summed E-state index contributed by atoms with van der Waals surface area (Å²) in [5.41, 5.74) is 1.78. The summed E-state index contributed by atoms with van der Waals surface area (Å²) in [6.07, 6.45) is 1.54. The van der Waals surface area contributed by atoms with Crippen LogP contribution in [0.3, 0.4) is 0 Å². The van der Waals surface area contributed by atoms with Crippen molar-refractivity contribution in [2.45, 2.75) is 19.5 Å². The van der Waals surface area contributed by atoms with E-state index in [1.54, 1.807) is 54.8 Å². The Kier molecular flexibility index (Phi) is 6.63. The highest BCUT2D eigenvalue weighted by Crippen LogP contribution is 2.16. The van der Waals surface area contributed by atoms with Crippen molar-refractivity contribution in [2.75, 3.05) is 11.9 Å². The number of anilines is 1. The molecule has 1 aromatic heterocycles. The average Bonchev–Trinajstić information content (AvgIpc) is 3.25. The van der Waals surface area contributed by atoms with E-state index in [9.17, 15) is 14.0 Å². The molecule has 1 heterocycles. The Labute approximate surface area is 168 Å². The summed E-state index contributed by atoms with van der Waals surface area (Å²) in [4.78, 5) is 24.7. The largest absolute Gasteiger partial charge is 0.467 e. The van der Waals surface area contributed by atoms with E-state index in [0.717, 1.165) is 5.56 Å². The lowest BCUT2D eigenvalue weighted by atomic mass is 10.1. The first-order chi connectivity index (χ1) is 14.0. The van der Waals surface area contributed by atoms with Gasteiger partial charge in [0.1, 0.15) is 11.6 Å². The van der Waals surface area contributed by atoms with Crippen LogP contribution in [0.1, 0.15) is 34.6 Å². The average molecular weight is 395 g/mol. The van der Waals surface area contributed by atoms with Gasteiger partial charge >= 0.3 is 0 Å². The maximum absolute atomic E-state index is 13.0. The van der Waals surface area contributed by atoms with E-state index >= 15 is 0 Å². The number of furan rings is 1. The van der Waals surface area contributed by atoms with Crippen molar-refractivity contribution in [2.24, 2.45) is 0 Å². The Morgan fingerprint density at radius 3 is 2.52 bits per heavy atom. The van der Waals surface area contributed by atoms with Gasteiger partial charge in [0, 0.05) is 5.69 Å². The van der Waals surface area contributed by atoms with Crippen LogP contribution in [-0.2, 0) is 11.3 Å². The smallest absolute Gasteiger partial charge is 0.253 e. The van der Waals surface area contributed by atoms with Crippen LogP contribution in [-0.4, -0.2) is 18.4 Å². The number of nitrogens with one attached hydrogen (secondary N) is 3. The van der Waals surface area contributed by atoms with E-state index < -0.39 is 0 Å². The molecule has 3 rings (SSSR count). The molecule has 6 nitrogen and oxygen atoms in total. The van der Waals surface area contributed by atoms with Crippen LogP contribution >= 0.6 is 0 Å². The lowest BCUT2D eigenvalue weighted by Crippen LogP contribution is -2.32. The highest BCUT2D eigenvalue weighted by molar-refractivity contribution is 6.00. The normalized spacial score (nSPS) is 11.5. The number of para-hydroxylation sites is 1. The third-order valence-electron chi connectivity index (χ3n) is 4.36. The molecule has 0 saturated carbocycles. The summed E-state index contributed by atoms with van der Waals surface area (Å²) < 4.78 is 18.2. The van der Waals surface area contributed by atoms with Crippen LogP contribution in [0.2, 0.25) is 0 Å². The number of hydrogen-bond donors (Lipinski definition) is 3. The van der Waals surface area contributed by atoms with Gasteiger partial charge in [-0.1, -0.05) is 24.3 Å². The maximum atomic E-state index is 13.0. The Bertz CT molecular complexity index is 956. The molecule has 3 N–H and O–H groups in total. The van der Waals surface area contributed by atoms with Crippen molar-refractivity contribution in [1.29, 1.82) is 0 Å². The van der Waals surface area contributed by atoms with E-state index in [4.69, 9.17) is 4.42 Å². The lowest BCUT2D eigenvalue weighted by Gasteiger charge is -2.16. The summed E-state index contributed by atoms with van der Waals surface area (Å²) in [5, 5.41) is 8.62. The first kappa shape index (κ1) is 20.1. The molecule has 0 aliphatic carbocycles. The lowest BCUT2D eigenvalue weighted by molar-refractivity contribution is -0.120. The van der Waals surface area contributed by atoms with Crippen molar-refractivity contribution in [3.63, 3.8) is 0 Å².